The van der Waals surface area contributed by atoms with Crippen LogP contribution >= 0.6 is 11.8 Å². The van der Waals surface area contributed by atoms with Gasteiger partial charge < -0.3 is 42.5 Å². The van der Waals surface area contributed by atoms with Gasteiger partial charge in [-0.3, -0.25) is 19.2 Å². The van der Waals surface area contributed by atoms with E-state index in [1.807, 2.05) is 54.8 Å². The van der Waals surface area contributed by atoms with E-state index in [2.05, 4.69) is 25.9 Å². The Labute approximate surface area is 263 Å². The van der Waals surface area contributed by atoms with Crippen LogP contribution < -0.4 is 27.4 Å². The molecule has 0 fully saturated rings. The first-order valence-corrected chi connectivity index (χ1v) is 15.7. The number of aliphatic carboxylic acids is 1. The number of para-hydroxylation sites is 2. The zero-order valence-corrected chi connectivity index (χ0v) is 25.5. The molecule has 0 aliphatic rings. The van der Waals surface area contributed by atoms with Crippen LogP contribution in [0.5, 0.6) is 0 Å². The van der Waals surface area contributed by atoms with E-state index in [1.165, 1.54) is 11.8 Å². The van der Waals surface area contributed by atoms with E-state index in [-0.39, 0.29) is 19.3 Å². The smallest absolute Gasteiger partial charge is 0.326 e. The topological polar surface area (TPSA) is 225 Å². The molecule has 2 aromatic carbocycles. The van der Waals surface area contributed by atoms with Gasteiger partial charge in [0.25, 0.3) is 0 Å². The van der Waals surface area contributed by atoms with Gasteiger partial charge >= 0.3 is 5.97 Å². The third-order valence-electron chi connectivity index (χ3n) is 7.45. The van der Waals surface area contributed by atoms with Gasteiger partial charge in [0.2, 0.25) is 23.6 Å². The van der Waals surface area contributed by atoms with Crippen molar-refractivity contribution in [2.75, 3.05) is 12.0 Å². The molecule has 0 saturated heterocycles. The number of nitrogens with one attached hydrogen (secondary N) is 5. The predicted octanol–water partition coefficient (Wildman–Crippen LogP) is 0.929. The van der Waals surface area contributed by atoms with Crippen molar-refractivity contribution < 1.29 is 29.1 Å². The number of hydrogen-bond donors (Lipinski definition) is 8. The summed E-state index contributed by atoms with van der Waals surface area (Å²) in [6.07, 6.45) is 5.06. The summed E-state index contributed by atoms with van der Waals surface area (Å²) in [4.78, 5) is 69.9. The molecule has 14 heteroatoms. The van der Waals surface area contributed by atoms with E-state index >= 15 is 0 Å². The molecule has 4 unspecified atom stereocenters. The number of carboxylic acid groups (broad SMARTS) is 1. The minimum absolute atomic E-state index is 0.00293. The van der Waals surface area contributed by atoms with Crippen molar-refractivity contribution in [3.8, 4) is 0 Å². The molecule has 2 heterocycles. The van der Waals surface area contributed by atoms with Crippen molar-refractivity contribution in [2.24, 2.45) is 11.5 Å². The van der Waals surface area contributed by atoms with Crippen molar-refractivity contribution in [1.29, 1.82) is 0 Å². The third-order valence-corrected chi connectivity index (χ3v) is 8.09. The fourth-order valence-electron chi connectivity index (χ4n) is 5.09. The van der Waals surface area contributed by atoms with E-state index in [1.54, 1.807) is 12.4 Å². The SMILES string of the molecule is CSCCC(NC(=O)C(CC(N)=O)NC(=O)C(N)Cc1c[nH]c2ccccc12)C(=O)NC(Cc1c[nH]c2ccccc12)C(=O)O. The lowest BCUT2D eigenvalue weighted by Gasteiger charge is -2.25. The van der Waals surface area contributed by atoms with Gasteiger partial charge in [0.05, 0.1) is 12.5 Å². The number of carbonyl (C=O) groups excluding carboxylic acids is 4. The molecule has 2 aromatic heterocycles. The maximum atomic E-state index is 13.3. The standard InChI is InChI=1S/C31H37N7O6S/c1-45-11-10-24(29(41)38-26(31(43)44)13-18-16-35-23-9-5-3-7-20(18)23)36-30(42)25(14-27(33)39)37-28(40)21(32)12-17-15-34-22-8-4-2-6-19(17)22/h2-9,15-16,21,24-26,34-35H,10-14,32H2,1H3,(H2,33,39)(H,36,42)(H,37,40)(H,38,41)(H,43,44). The summed E-state index contributed by atoms with van der Waals surface area (Å²) in [5.41, 5.74) is 14.8. The molecule has 0 aliphatic carbocycles. The zero-order chi connectivity index (χ0) is 32.5. The van der Waals surface area contributed by atoms with Gasteiger partial charge in [-0.25, -0.2) is 4.79 Å². The van der Waals surface area contributed by atoms with Crippen LogP contribution in [0.2, 0.25) is 0 Å². The van der Waals surface area contributed by atoms with Crippen molar-refractivity contribution >= 4 is 63.2 Å². The predicted molar refractivity (Wildman–Crippen MR) is 172 cm³/mol. The third kappa shape index (κ3) is 8.64. The van der Waals surface area contributed by atoms with Gasteiger partial charge in [0.15, 0.2) is 0 Å². The second-order valence-electron chi connectivity index (χ2n) is 10.7. The summed E-state index contributed by atoms with van der Waals surface area (Å²) in [6, 6.07) is 10.0. The highest BCUT2D eigenvalue weighted by Crippen LogP contribution is 2.20. The molecule has 0 spiro atoms. The maximum Gasteiger partial charge on any atom is 0.326 e. The fraction of sp³-hybridized carbons (Fsp3) is 0.323. The Morgan fingerprint density at radius 2 is 1.29 bits per heavy atom. The Hall–Kier alpha value is -4.82. The Kier molecular flexibility index (Phi) is 11.2. The molecule has 0 radical (unpaired) electrons. The van der Waals surface area contributed by atoms with E-state index in [0.29, 0.717) is 11.3 Å². The highest BCUT2D eigenvalue weighted by molar-refractivity contribution is 7.98. The number of benzene rings is 2. The van der Waals surface area contributed by atoms with E-state index in [4.69, 9.17) is 11.5 Å². The number of carboxylic acids is 1. The number of aromatic amines is 2. The normalized spacial score (nSPS) is 13.9. The maximum absolute atomic E-state index is 13.3. The van der Waals surface area contributed by atoms with E-state index in [0.717, 1.165) is 27.4 Å². The molecular weight excluding hydrogens is 598 g/mol. The number of primary amides is 1. The quantitative estimate of drug-likeness (QED) is 0.0882. The second-order valence-corrected chi connectivity index (χ2v) is 11.7. The number of carbonyl (C=O) groups is 5. The van der Waals surface area contributed by atoms with Crippen molar-refractivity contribution in [2.45, 2.75) is 49.9 Å². The van der Waals surface area contributed by atoms with Gasteiger partial charge in [-0.05, 0) is 48.1 Å². The number of nitrogens with two attached hydrogens (primary N) is 2. The molecule has 0 saturated carbocycles. The molecule has 10 N–H and O–H groups in total. The number of rotatable bonds is 16. The van der Waals surface area contributed by atoms with Crippen LogP contribution in [0.3, 0.4) is 0 Å². The molecule has 4 amide bonds. The van der Waals surface area contributed by atoms with Gasteiger partial charge in [-0.15, -0.1) is 0 Å². The van der Waals surface area contributed by atoms with Crippen LogP contribution in [0.15, 0.2) is 60.9 Å². The minimum Gasteiger partial charge on any atom is -0.480 e. The monoisotopic (exact) mass is 635 g/mol. The first kappa shape index (κ1) is 33.1. The Balaban J connectivity index is 1.44. The van der Waals surface area contributed by atoms with Crippen LogP contribution in [-0.2, 0) is 36.8 Å². The number of aromatic nitrogens is 2. The van der Waals surface area contributed by atoms with E-state index in [9.17, 15) is 29.1 Å². The van der Waals surface area contributed by atoms with Crippen LogP contribution in [0, 0.1) is 0 Å². The number of fused-ring (bicyclic) bond motifs is 2. The highest BCUT2D eigenvalue weighted by Gasteiger charge is 2.31. The Morgan fingerprint density at radius 1 is 0.778 bits per heavy atom. The fourth-order valence-corrected chi connectivity index (χ4v) is 5.56. The molecule has 0 aliphatic heterocycles. The van der Waals surface area contributed by atoms with Crippen molar-refractivity contribution in [1.82, 2.24) is 25.9 Å². The minimum atomic E-state index is -1.41. The zero-order valence-electron chi connectivity index (χ0n) is 24.7. The van der Waals surface area contributed by atoms with Gasteiger partial charge in [0, 0.05) is 40.6 Å². The van der Waals surface area contributed by atoms with Gasteiger partial charge in [0.1, 0.15) is 18.1 Å². The van der Waals surface area contributed by atoms with E-state index < -0.39 is 60.2 Å². The molecule has 13 nitrogen and oxygen atoms in total. The number of H-pyrrole nitrogens is 2. The number of amides is 4. The van der Waals surface area contributed by atoms with Crippen LogP contribution in [0.4, 0.5) is 0 Å². The highest BCUT2D eigenvalue weighted by atomic mass is 32.2. The summed E-state index contributed by atoms with van der Waals surface area (Å²) in [5, 5.41) is 19.2. The summed E-state index contributed by atoms with van der Waals surface area (Å²) in [7, 11) is 0. The molecule has 4 aromatic rings. The molecule has 238 valence electrons. The molecule has 4 atom stereocenters. The lowest BCUT2D eigenvalue weighted by Crippen LogP contribution is -2.58. The summed E-state index contributed by atoms with van der Waals surface area (Å²) >= 11 is 1.43. The molecule has 45 heavy (non-hydrogen) atoms. The molecule has 4 rings (SSSR count). The average molecular weight is 636 g/mol. The van der Waals surface area contributed by atoms with Crippen molar-refractivity contribution in [3.05, 3.63) is 72.1 Å². The van der Waals surface area contributed by atoms with Crippen LogP contribution in [0.25, 0.3) is 21.8 Å². The lowest BCUT2D eigenvalue weighted by atomic mass is 10.0. The van der Waals surface area contributed by atoms with Gasteiger partial charge in [-0.2, -0.15) is 11.8 Å². The summed E-state index contributed by atoms with van der Waals surface area (Å²) < 4.78 is 0. The number of thioether (sulfide) groups is 1. The Bertz CT molecular complexity index is 1680. The molecule has 0 bridgehead atoms. The van der Waals surface area contributed by atoms with Crippen LogP contribution in [-0.4, -0.2) is 80.8 Å². The summed E-state index contributed by atoms with van der Waals surface area (Å²) in [5.74, 6) is -3.87. The van der Waals surface area contributed by atoms with Crippen molar-refractivity contribution in [3.63, 3.8) is 0 Å². The van der Waals surface area contributed by atoms with Gasteiger partial charge in [-0.1, -0.05) is 36.4 Å². The number of hydrogen-bond acceptors (Lipinski definition) is 7. The molecular formula is C31H37N7O6S. The Morgan fingerprint density at radius 3 is 1.84 bits per heavy atom. The second kappa shape index (κ2) is 15.3. The summed E-state index contributed by atoms with van der Waals surface area (Å²) in [6.45, 7) is 0. The average Bonchev–Trinajstić information content (AvgIpc) is 3.62. The largest absolute Gasteiger partial charge is 0.480 e. The first-order valence-electron chi connectivity index (χ1n) is 14.3. The first-order chi connectivity index (χ1) is 21.6. The van der Waals surface area contributed by atoms with Crippen LogP contribution in [0.1, 0.15) is 24.0 Å². The lowest BCUT2D eigenvalue weighted by molar-refractivity contribution is -0.142.